The Balaban J connectivity index is 0.000000282. The van der Waals surface area contributed by atoms with Gasteiger partial charge in [-0.1, -0.05) is 41.7 Å². The predicted molar refractivity (Wildman–Crippen MR) is 68.4 cm³/mol. The summed E-state index contributed by atoms with van der Waals surface area (Å²) in [5.41, 5.74) is 2.58. The van der Waals surface area contributed by atoms with Crippen LogP contribution in [0.5, 0.6) is 0 Å². The summed E-state index contributed by atoms with van der Waals surface area (Å²) in [7, 11) is -2.82. The predicted octanol–water partition coefficient (Wildman–Crippen LogP) is -1.36. The molecule has 0 unspecified atom stereocenters. The van der Waals surface area contributed by atoms with Crippen LogP contribution in [0.3, 0.4) is 0 Å². The van der Waals surface area contributed by atoms with E-state index in [-0.39, 0.29) is 0 Å². The van der Waals surface area contributed by atoms with Crippen molar-refractivity contribution in [3.63, 3.8) is 0 Å². The number of hydrogen-bond donors (Lipinski definition) is 0. The van der Waals surface area contributed by atoms with Gasteiger partial charge in [0.15, 0.2) is 0 Å². The molecular formula is C14H12ClNO4S. The highest BCUT2D eigenvalue weighted by atomic mass is 35.7. The van der Waals surface area contributed by atoms with Gasteiger partial charge in [-0.3, -0.25) is 0 Å². The molecule has 3 aromatic rings. The molecule has 0 saturated carbocycles. The Morgan fingerprint density at radius 3 is 1.95 bits per heavy atom. The van der Waals surface area contributed by atoms with E-state index in [2.05, 4.69) is 66.2 Å². The number of thiazole rings is 1. The first-order valence-corrected chi connectivity index (χ1v) is 7.96. The van der Waals surface area contributed by atoms with Crippen molar-refractivity contribution in [1.82, 2.24) is 0 Å². The van der Waals surface area contributed by atoms with E-state index in [9.17, 15) is 0 Å². The standard InChI is InChI=1S/C14H12NS.ClHO4/c1-15-12-9-5-6-10-13(12)16-14(15)11-7-3-2-4-8-11;2-1(3,4)5/h2-10H,1H3;(H,2,3,4,5)/q+1;/p-1. The van der Waals surface area contributed by atoms with Crippen LogP contribution in [-0.2, 0) is 7.05 Å². The summed E-state index contributed by atoms with van der Waals surface area (Å²) < 4.78 is 37.6. The summed E-state index contributed by atoms with van der Waals surface area (Å²) in [6, 6.07) is 19.0. The van der Waals surface area contributed by atoms with Gasteiger partial charge in [-0.2, -0.15) is 4.57 Å². The summed E-state index contributed by atoms with van der Waals surface area (Å²) in [6.07, 6.45) is 0. The van der Waals surface area contributed by atoms with Crippen molar-refractivity contribution in [2.45, 2.75) is 0 Å². The Hall–Kier alpha value is -1.54. The van der Waals surface area contributed by atoms with Gasteiger partial charge in [0.25, 0.3) is 5.01 Å². The molecule has 3 rings (SSSR count). The van der Waals surface area contributed by atoms with Gasteiger partial charge in [0, 0.05) is 6.07 Å². The molecule has 0 aliphatic heterocycles. The summed E-state index contributed by atoms with van der Waals surface area (Å²) in [5, 5.41) is 1.31. The minimum absolute atomic E-state index is 1.28. The number of aryl methyl sites for hydroxylation is 1. The second-order valence-electron chi connectivity index (χ2n) is 4.18. The van der Waals surface area contributed by atoms with Crippen LogP contribution in [0.4, 0.5) is 0 Å². The van der Waals surface area contributed by atoms with Gasteiger partial charge >= 0.3 is 0 Å². The molecular weight excluding hydrogens is 314 g/mol. The lowest BCUT2D eigenvalue weighted by Crippen LogP contribution is -2.68. The first-order chi connectivity index (χ1) is 9.86. The fourth-order valence-electron chi connectivity index (χ4n) is 1.94. The number of hydrogen-bond acceptors (Lipinski definition) is 5. The van der Waals surface area contributed by atoms with Gasteiger partial charge in [0.05, 0.1) is 5.56 Å². The number of aromatic nitrogens is 1. The summed E-state index contributed by atoms with van der Waals surface area (Å²) in [6.45, 7) is 0. The summed E-state index contributed by atoms with van der Waals surface area (Å²) in [4.78, 5) is 0. The maximum absolute atomic E-state index is 8.49. The molecule has 0 bridgehead atoms. The number of benzene rings is 2. The molecule has 0 N–H and O–H groups in total. The lowest BCUT2D eigenvalue weighted by atomic mass is 10.2. The molecule has 1 aromatic heterocycles. The maximum Gasteiger partial charge on any atom is 0.269 e. The first kappa shape index (κ1) is 15.8. The molecule has 0 radical (unpaired) electrons. The molecule has 2 aromatic carbocycles. The van der Waals surface area contributed by atoms with E-state index in [1.807, 2.05) is 11.3 Å². The highest BCUT2D eigenvalue weighted by Gasteiger charge is 2.17. The van der Waals surface area contributed by atoms with Crippen molar-refractivity contribution in [3.8, 4) is 10.6 Å². The maximum atomic E-state index is 8.49. The molecule has 0 fully saturated rings. The SMILES string of the molecule is C[n+]1c(-c2ccccc2)sc2ccccc21.[O-][Cl+3]([O-])([O-])[O-]. The fraction of sp³-hybridized carbons (Fsp3) is 0.0714. The van der Waals surface area contributed by atoms with Gasteiger partial charge < -0.3 is 0 Å². The average molecular weight is 326 g/mol. The van der Waals surface area contributed by atoms with E-state index in [0.29, 0.717) is 0 Å². The first-order valence-electron chi connectivity index (χ1n) is 5.91. The van der Waals surface area contributed by atoms with Crippen LogP contribution in [-0.4, -0.2) is 0 Å². The topological polar surface area (TPSA) is 96.1 Å². The Labute approximate surface area is 127 Å². The van der Waals surface area contributed by atoms with Gasteiger partial charge in [0.1, 0.15) is 11.7 Å². The van der Waals surface area contributed by atoms with E-state index >= 15 is 0 Å². The number of para-hydroxylation sites is 1. The average Bonchev–Trinajstić information content (AvgIpc) is 2.76. The van der Waals surface area contributed by atoms with Crippen LogP contribution in [0.25, 0.3) is 20.8 Å². The van der Waals surface area contributed by atoms with Gasteiger partial charge in [-0.25, -0.2) is 18.6 Å². The minimum atomic E-state index is -4.94. The van der Waals surface area contributed by atoms with Crippen LogP contribution in [0, 0.1) is 10.2 Å². The molecule has 0 aliphatic carbocycles. The van der Waals surface area contributed by atoms with E-state index in [4.69, 9.17) is 18.6 Å². The quantitative estimate of drug-likeness (QED) is 0.516. The number of rotatable bonds is 1. The second kappa shape index (κ2) is 6.48. The zero-order valence-corrected chi connectivity index (χ0v) is 12.6. The van der Waals surface area contributed by atoms with E-state index < -0.39 is 10.2 Å². The molecule has 21 heavy (non-hydrogen) atoms. The molecule has 1 heterocycles. The van der Waals surface area contributed by atoms with E-state index in [1.165, 1.54) is 20.8 Å². The molecule has 0 amide bonds. The second-order valence-corrected chi connectivity index (χ2v) is 5.96. The van der Waals surface area contributed by atoms with Crippen LogP contribution in [0.15, 0.2) is 54.6 Å². The smallest absolute Gasteiger partial charge is 0.222 e. The van der Waals surface area contributed by atoms with Gasteiger partial charge in [-0.05, 0) is 18.2 Å². The third-order valence-electron chi connectivity index (χ3n) is 2.76. The monoisotopic (exact) mass is 325 g/mol. The molecule has 0 atom stereocenters. The number of fused-ring (bicyclic) bond motifs is 1. The molecule has 7 heteroatoms. The summed E-state index contributed by atoms with van der Waals surface area (Å²) in [5.74, 6) is 0. The molecule has 0 saturated heterocycles. The normalized spacial score (nSPS) is 11.1. The third kappa shape index (κ3) is 4.47. The fourth-order valence-corrected chi connectivity index (χ4v) is 3.09. The number of nitrogens with zero attached hydrogens (tertiary/aromatic N) is 1. The molecule has 110 valence electrons. The Bertz CT molecular complexity index is 719. The van der Waals surface area contributed by atoms with Crippen molar-refractivity contribution in [2.24, 2.45) is 7.05 Å². The summed E-state index contributed by atoms with van der Waals surface area (Å²) >= 11 is 1.84. The molecule has 0 aliphatic rings. The Morgan fingerprint density at radius 2 is 1.38 bits per heavy atom. The van der Waals surface area contributed by atoms with Crippen molar-refractivity contribution < 1.29 is 33.4 Å². The lowest BCUT2D eigenvalue weighted by molar-refractivity contribution is -2.00. The van der Waals surface area contributed by atoms with Crippen LogP contribution in [0.2, 0.25) is 0 Å². The zero-order chi connectivity index (χ0) is 15.5. The van der Waals surface area contributed by atoms with Crippen molar-refractivity contribution in [3.05, 3.63) is 54.6 Å². The molecule has 5 nitrogen and oxygen atoms in total. The molecule has 0 spiro atoms. The van der Waals surface area contributed by atoms with E-state index in [1.54, 1.807) is 0 Å². The Morgan fingerprint density at radius 1 is 0.857 bits per heavy atom. The van der Waals surface area contributed by atoms with Crippen molar-refractivity contribution in [2.75, 3.05) is 0 Å². The highest BCUT2D eigenvalue weighted by Crippen LogP contribution is 2.27. The minimum Gasteiger partial charge on any atom is -0.222 e. The van der Waals surface area contributed by atoms with Crippen LogP contribution < -0.4 is 23.2 Å². The Kier molecular flexibility index (Phi) is 4.89. The van der Waals surface area contributed by atoms with Crippen LogP contribution in [0.1, 0.15) is 0 Å². The number of halogens is 1. The van der Waals surface area contributed by atoms with Crippen molar-refractivity contribution in [1.29, 1.82) is 0 Å². The van der Waals surface area contributed by atoms with Gasteiger partial charge in [0.2, 0.25) is 5.52 Å². The largest absolute Gasteiger partial charge is 0.269 e. The third-order valence-corrected chi connectivity index (χ3v) is 4.03. The van der Waals surface area contributed by atoms with Crippen molar-refractivity contribution >= 4 is 21.6 Å². The van der Waals surface area contributed by atoms with E-state index in [0.717, 1.165) is 0 Å². The van der Waals surface area contributed by atoms with Gasteiger partial charge in [-0.15, -0.1) is 10.2 Å². The van der Waals surface area contributed by atoms with Crippen LogP contribution >= 0.6 is 11.3 Å². The highest BCUT2D eigenvalue weighted by molar-refractivity contribution is 7.21. The zero-order valence-electron chi connectivity index (χ0n) is 11.1. The lowest BCUT2D eigenvalue weighted by Gasteiger charge is -2.17.